The number of esters is 1. The van der Waals surface area contributed by atoms with Gasteiger partial charge in [-0.25, -0.2) is 4.39 Å². The number of hydrogen-bond acceptors (Lipinski definition) is 5. The summed E-state index contributed by atoms with van der Waals surface area (Å²) < 4.78 is 18.9. The molecular weight excluding hydrogens is 463 g/mol. The summed E-state index contributed by atoms with van der Waals surface area (Å²) in [6.07, 6.45) is 5.14. The number of halogens is 1. The van der Waals surface area contributed by atoms with Gasteiger partial charge in [0.1, 0.15) is 12.4 Å². The van der Waals surface area contributed by atoms with Gasteiger partial charge in [0.2, 0.25) is 11.8 Å². The summed E-state index contributed by atoms with van der Waals surface area (Å²) in [5.74, 6) is -2.48. The molecule has 0 heterocycles. The Labute approximate surface area is 214 Å². The van der Waals surface area contributed by atoms with E-state index in [0.29, 0.717) is 25.7 Å². The van der Waals surface area contributed by atoms with Gasteiger partial charge in [0.05, 0.1) is 24.5 Å². The van der Waals surface area contributed by atoms with Gasteiger partial charge in [0, 0.05) is 13.0 Å². The maximum Gasteiger partial charge on any atom is 0.309 e. The minimum absolute atomic E-state index is 0.0282. The Balaban J connectivity index is 2.87. The first-order chi connectivity index (χ1) is 17.0. The van der Waals surface area contributed by atoms with E-state index >= 15 is 0 Å². The van der Waals surface area contributed by atoms with Crippen molar-refractivity contribution >= 4 is 17.8 Å². The van der Waals surface area contributed by atoms with Crippen LogP contribution in [0.5, 0.6) is 0 Å². The molecule has 8 heteroatoms. The zero-order valence-corrected chi connectivity index (χ0v) is 21.7. The van der Waals surface area contributed by atoms with Crippen LogP contribution in [0.2, 0.25) is 0 Å². The lowest BCUT2D eigenvalue weighted by Crippen LogP contribution is -2.49. The molecule has 7 nitrogen and oxygen atoms in total. The van der Waals surface area contributed by atoms with Crippen LogP contribution in [0.15, 0.2) is 49.6 Å². The number of aliphatic hydroxyl groups excluding tert-OH is 1. The first-order valence-electron chi connectivity index (χ1n) is 12.3. The summed E-state index contributed by atoms with van der Waals surface area (Å²) in [6.45, 7) is 13.1. The van der Waals surface area contributed by atoms with Crippen LogP contribution in [0, 0.1) is 23.1 Å². The minimum Gasteiger partial charge on any atom is -0.463 e. The summed E-state index contributed by atoms with van der Waals surface area (Å²) in [4.78, 5) is 38.1. The lowest BCUT2D eigenvalue weighted by atomic mass is 9.86. The Morgan fingerprint density at radius 2 is 1.78 bits per heavy atom. The number of ether oxygens (including phenoxy) is 1. The van der Waals surface area contributed by atoms with Crippen molar-refractivity contribution in [2.75, 3.05) is 19.8 Å². The Bertz CT molecular complexity index is 864. The molecule has 0 fully saturated rings. The van der Waals surface area contributed by atoms with E-state index in [0.717, 1.165) is 5.56 Å². The van der Waals surface area contributed by atoms with E-state index in [9.17, 15) is 18.8 Å². The van der Waals surface area contributed by atoms with E-state index in [1.807, 2.05) is 20.8 Å². The predicted molar refractivity (Wildman–Crippen MR) is 138 cm³/mol. The SMILES string of the molecule is C=CCC[C@@H](Cc1ccc(F)cc1)C(=O)OC[C@@H](NC(=O)[C@H](CC=C)CC(=O)NCCO)C(C)(C)C. The Hall–Kier alpha value is -3.00. The smallest absolute Gasteiger partial charge is 0.309 e. The summed E-state index contributed by atoms with van der Waals surface area (Å²) in [7, 11) is 0. The van der Waals surface area contributed by atoms with E-state index in [1.165, 1.54) is 12.1 Å². The first kappa shape index (κ1) is 31.0. The average molecular weight is 505 g/mol. The molecule has 0 saturated heterocycles. The zero-order valence-electron chi connectivity index (χ0n) is 21.7. The van der Waals surface area contributed by atoms with E-state index in [1.54, 1.807) is 24.3 Å². The second-order valence-electron chi connectivity index (χ2n) is 9.95. The molecule has 0 aliphatic rings. The van der Waals surface area contributed by atoms with Crippen molar-refractivity contribution in [3.63, 3.8) is 0 Å². The molecule has 3 N–H and O–H groups in total. The number of nitrogens with one attached hydrogen (secondary N) is 2. The molecule has 0 unspecified atom stereocenters. The molecule has 0 bridgehead atoms. The van der Waals surface area contributed by atoms with E-state index in [2.05, 4.69) is 23.8 Å². The predicted octanol–water partition coefficient (Wildman–Crippen LogP) is 3.72. The van der Waals surface area contributed by atoms with Crippen molar-refractivity contribution in [3.8, 4) is 0 Å². The fourth-order valence-electron chi connectivity index (χ4n) is 3.58. The summed E-state index contributed by atoms with van der Waals surface area (Å²) in [5, 5.41) is 14.4. The van der Waals surface area contributed by atoms with Crippen molar-refractivity contribution < 1.29 is 28.6 Å². The van der Waals surface area contributed by atoms with Crippen LogP contribution < -0.4 is 10.6 Å². The average Bonchev–Trinajstić information content (AvgIpc) is 2.82. The topological polar surface area (TPSA) is 105 Å². The molecular formula is C28H41FN2O5. The molecule has 1 rings (SSSR count). The normalized spacial score (nSPS) is 13.7. The number of carbonyl (C=O) groups is 3. The van der Waals surface area contributed by atoms with E-state index < -0.39 is 29.3 Å². The summed E-state index contributed by atoms with van der Waals surface area (Å²) >= 11 is 0. The maximum absolute atomic E-state index is 13.3. The zero-order chi connectivity index (χ0) is 27.1. The van der Waals surface area contributed by atoms with E-state index in [4.69, 9.17) is 9.84 Å². The maximum atomic E-state index is 13.3. The van der Waals surface area contributed by atoms with Crippen LogP contribution in [0.1, 0.15) is 52.0 Å². The molecule has 0 aromatic heterocycles. The number of carbonyl (C=O) groups excluding carboxylic acids is 3. The van der Waals surface area contributed by atoms with Crippen LogP contribution in [-0.2, 0) is 25.5 Å². The number of hydrogen-bond donors (Lipinski definition) is 3. The molecule has 1 aromatic rings. The van der Waals surface area contributed by atoms with Gasteiger partial charge >= 0.3 is 5.97 Å². The monoisotopic (exact) mass is 504 g/mol. The Morgan fingerprint density at radius 1 is 1.11 bits per heavy atom. The Morgan fingerprint density at radius 3 is 2.33 bits per heavy atom. The van der Waals surface area contributed by atoms with Crippen LogP contribution >= 0.6 is 0 Å². The highest BCUT2D eigenvalue weighted by molar-refractivity contribution is 5.86. The van der Waals surface area contributed by atoms with Crippen LogP contribution in [-0.4, -0.2) is 48.7 Å². The van der Waals surface area contributed by atoms with Gasteiger partial charge in [-0.15, -0.1) is 13.2 Å². The van der Waals surface area contributed by atoms with Crippen LogP contribution in [0.4, 0.5) is 4.39 Å². The van der Waals surface area contributed by atoms with Gasteiger partial charge in [-0.3, -0.25) is 14.4 Å². The van der Waals surface area contributed by atoms with Gasteiger partial charge in [-0.1, -0.05) is 45.1 Å². The molecule has 3 atom stereocenters. The van der Waals surface area contributed by atoms with Crippen LogP contribution in [0.3, 0.4) is 0 Å². The van der Waals surface area contributed by atoms with Gasteiger partial charge in [-0.2, -0.15) is 0 Å². The quantitative estimate of drug-likeness (QED) is 0.235. The second kappa shape index (κ2) is 15.9. The van der Waals surface area contributed by atoms with Gasteiger partial charge in [0.25, 0.3) is 0 Å². The second-order valence-corrected chi connectivity index (χ2v) is 9.95. The third-order valence-corrected chi connectivity index (χ3v) is 5.89. The number of amides is 2. The van der Waals surface area contributed by atoms with E-state index in [-0.39, 0.29) is 43.8 Å². The highest BCUT2D eigenvalue weighted by atomic mass is 19.1. The highest BCUT2D eigenvalue weighted by Gasteiger charge is 2.31. The largest absolute Gasteiger partial charge is 0.463 e. The lowest BCUT2D eigenvalue weighted by Gasteiger charge is -2.32. The number of benzene rings is 1. The number of aliphatic hydroxyl groups is 1. The van der Waals surface area contributed by atoms with Gasteiger partial charge < -0.3 is 20.5 Å². The molecule has 0 aliphatic carbocycles. The van der Waals surface area contributed by atoms with Crippen molar-refractivity contribution in [3.05, 3.63) is 61.0 Å². The van der Waals surface area contributed by atoms with Crippen molar-refractivity contribution in [1.82, 2.24) is 10.6 Å². The first-order valence-corrected chi connectivity index (χ1v) is 12.3. The van der Waals surface area contributed by atoms with Crippen LogP contribution in [0.25, 0.3) is 0 Å². The highest BCUT2D eigenvalue weighted by Crippen LogP contribution is 2.23. The van der Waals surface area contributed by atoms with Gasteiger partial charge in [0.15, 0.2) is 0 Å². The number of rotatable bonds is 16. The molecule has 200 valence electrons. The van der Waals surface area contributed by atoms with Gasteiger partial charge in [-0.05, 0) is 48.8 Å². The third-order valence-electron chi connectivity index (χ3n) is 5.89. The standard InChI is InChI=1S/C28H41FN2O5/c1-6-8-10-22(17-20-11-13-23(29)14-12-20)27(35)36-19-24(28(3,4)5)31-26(34)21(9-7-2)18-25(33)30-15-16-32/h6-7,11-14,21-22,24,32H,1-2,8-10,15-19H2,3-5H3,(H,30,33)(H,31,34)/t21-,22+,24-/m1/s1. The molecule has 1 aromatic carbocycles. The minimum atomic E-state index is -0.638. The molecule has 0 aliphatic heterocycles. The molecule has 0 radical (unpaired) electrons. The molecule has 0 spiro atoms. The third kappa shape index (κ3) is 11.6. The fourth-order valence-corrected chi connectivity index (χ4v) is 3.58. The summed E-state index contributed by atoms with van der Waals surface area (Å²) in [5.41, 5.74) is 0.399. The summed E-state index contributed by atoms with van der Waals surface area (Å²) in [6, 6.07) is 5.53. The van der Waals surface area contributed by atoms with Crippen molar-refractivity contribution in [2.45, 2.75) is 58.9 Å². The molecule has 0 saturated carbocycles. The van der Waals surface area contributed by atoms with Crippen molar-refractivity contribution in [1.29, 1.82) is 0 Å². The fraction of sp³-hybridized carbons (Fsp3) is 0.536. The lowest BCUT2D eigenvalue weighted by molar-refractivity contribution is -0.151. The molecule has 2 amide bonds. The number of allylic oxidation sites excluding steroid dienone is 2. The van der Waals surface area contributed by atoms with Crippen molar-refractivity contribution in [2.24, 2.45) is 17.3 Å². The Kier molecular flexibility index (Phi) is 13.7. The molecule has 36 heavy (non-hydrogen) atoms.